The van der Waals surface area contributed by atoms with Crippen molar-refractivity contribution in [1.29, 1.82) is 0 Å². The molecule has 0 bridgehead atoms. The van der Waals surface area contributed by atoms with Gasteiger partial charge in [-0.05, 0) is 34.8 Å². The van der Waals surface area contributed by atoms with Gasteiger partial charge >= 0.3 is 0 Å². The Labute approximate surface area is 206 Å². The topological polar surface area (TPSA) is 21.7 Å². The highest BCUT2D eigenvalue weighted by atomic mass is 28.4. The maximum Gasteiger partial charge on any atom is 0.261 e. The Morgan fingerprint density at radius 3 is 1.82 bits per heavy atom. The number of benzene rings is 3. The summed E-state index contributed by atoms with van der Waals surface area (Å²) in [5.41, 5.74) is 1.33. The minimum atomic E-state index is -2.58. The van der Waals surface area contributed by atoms with Crippen molar-refractivity contribution in [2.45, 2.75) is 64.5 Å². The number of hydrogen-bond donors (Lipinski definition) is 0. The van der Waals surface area contributed by atoms with E-state index in [2.05, 4.69) is 131 Å². The Kier molecular flexibility index (Phi) is 7.73. The summed E-state index contributed by atoms with van der Waals surface area (Å²) >= 11 is 0. The summed E-state index contributed by atoms with van der Waals surface area (Å²) in [5, 5.41) is 2.61. The summed E-state index contributed by atoms with van der Waals surface area (Å²) in [6.07, 6.45) is 0.313. The molecule has 0 amide bonds. The molecule has 4 heteroatoms. The highest BCUT2D eigenvalue weighted by Gasteiger charge is 2.51. The van der Waals surface area contributed by atoms with Crippen LogP contribution in [0.1, 0.15) is 40.2 Å². The van der Waals surface area contributed by atoms with Crippen LogP contribution in [0.25, 0.3) is 0 Å². The molecule has 0 aliphatic carbocycles. The Balaban J connectivity index is 1.69. The van der Waals surface area contributed by atoms with E-state index in [1.54, 1.807) is 0 Å². The molecule has 0 N–H and O–H groups in total. The SMILES string of the molecule is C[C@@H]1O[C@@H](C)CN(Cc2ccccc2)[C@@H]1CO[Si](c1ccccc1)(c1ccccc1)C(C)(C)C. The van der Waals surface area contributed by atoms with Crippen LogP contribution >= 0.6 is 0 Å². The zero-order valence-electron chi connectivity index (χ0n) is 21.3. The molecule has 3 aromatic carbocycles. The predicted molar refractivity (Wildman–Crippen MR) is 144 cm³/mol. The van der Waals surface area contributed by atoms with Gasteiger partial charge in [0.05, 0.1) is 24.9 Å². The number of nitrogens with zero attached hydrogens (tertiary/aromatic N) is 1. The van der Waals surface area contributed by atoms with Crippen LogP contribution in [-0.2, 0) is 15.7 Å². The van der Waals surface area contributed by atoms with Crippen LogP contribution in [0.5, 0.6) is 0 Å². The molecule has 1 heterocycles. The molecule has 3 aromatic rings. The fraction of sp³-hybridized carbons (Fsp3) is 0.400. The lowest BCUT2D eigenvalue weighted by molar-refractivity contribution is -0.117. The van der Waals surface area contributed by atoms with Crippen molar-refractivity contribution in [1.82, 2.24) is 4.90 Å². The molecule has 4 rings (SSSR count). The summed E-state index contributed by atoms with van der Waals surface area (Å²) < 4.78 is 13.6. The molecule has 0 unspecified atom stereocenters. The van der Waals surface area contributed by atoms with Crippen molar-refractivity contribution >= 4 is 18.7 Å². The molecule has 3 atom stereocenters. The summed E-state index contributed by atoms with van der Waals surface area (Å²) in [5.74, 6) is 0. The Hall–Kier alpha value is -2.24. The van der Waals surface area contributed by atoms with Gasteiger partial charge in [-0.25, -0.2) is 0 Å². The van der Waals surface area contributed by atoms with Crippen LogP contribution < -0.4 is 10.4 Å². The van der Waals surface area contributed by atoms with Crippen molar-refractivity contribution in [3.8, 4) is 0 Å². The molecule has 0 saturated carbocycles. The number of ether oxygens (including phenoxy) is 1. The first-order chi connectivity index (χ1) is 16.3. The van der Waals surface area contributed by atoms with Gasteiger partial charge in [-0.2, -0.15) is 0 Å². The molecular formula is C30H39NO2Si. The fourth-order valence-electron chi connectivity index (χ4n) is 5.48. The zero-order chi connectivity index (χ0) is 24.2. The number of morpholine rings is 1. The monoisotopic (exact) mass is 473 g/mol. The predicted octanol–water partition coefficient (Wildman–Crippen LogP) is 5.24. The molecule has 0 spiro atoms. The van der Waals surface area contributed by atoms with E-state index in [4.69, 9.17) is 9.16 Å². The van der Waals surface area contributed by atoms with Crippen molar-refractivity contribution in [2.24, 2.45) is 0 Å². The van der Waals surface area contributed by atoms with E-state index in [0.717, 1.165) is 13.1 Å². The average Bonchev–Trinajstić information content (AvgIpc) is 2.82. The van der Waals surface area contributed by atoms with E-state index >= 15 is 0 Å². The molecular weight excluding hydrogens is 434 g/mol. The van der Waals surface area contributed by atoms with E-state index in [1.165, 1.54) is 15.9 Å². The minimum absolute atomic E-state index is 0.0357. The third-order valence-corrected chi connectivity index (χ3v) is 12.1. The highest BCUT2D eigenvalue weighted by molar-refractivity contribution is 6.99. The van der Waals surface area contributed by atoms with Crippen LogP contribution in [0.3, 0.4) is 0 Å². The second-order valence-electron chi connectivity index (χ2n) is 10.6. The molecule has 1 aliphatic heterocycles. The summed E-state index contributed by atoms with van der Waals surface area (Å²) in [6.45, 7) is 13.9. The van der Waals surface area contributed by atoms with E-state index < -0.39 is 8.32 Å². The normalized spacial score (nSPS) is 22.0. The largest absolute Gasteiger partial charge is 0.406 e. The number of hydrogen-bond acceptors (Lipinski definition) is 3. The average molecular weight is 474 g/mol. The Bertz CT molecular complexity index is 980. The third-order valence-electron chi connectivity index (χ3n) is 7.07. The van der Waals surface area contributed by atoms with Crippen molar-refractivity contribution in [3.05, 3.63) is 96.6 Å². The van der Waals surface area contributed by atoms with Gasteiger partial charge in [-0.15, -0.1) is 0 Å². The van der Waals surface area contributed by atoms with E-state index in [9.17, 15) is 0 Å². The maximum absolute atomic E-state index is 7.30. The standard InChI is InChI=1S/C30H39NO2Si/c1-24-21-31(22-26-15-9-6-10-16-26)29(25(2)33-24)23-32-34(30(3,4)5,27-17-11-7-12-18-27)28-19-13-8-14-20-28/h6-20,24-25,29H,21-23H2,1-5H3/t24-,25-,29+/m0/s1. The summed E-state index contributed by atoms with van der Waals surface area (Å²) in [7, 11) is -2.58. The molecule has 0 aromatic heterocycles. The minimum Gasteiger partial charge on any atom is -0.406 e. The molecule has 180 valence electrons. The molecule has 1 fully saturated rings. The Morgan fingerprint density at radius 1 is 0.824 bits per heavy atom. The first-order valence-electron chi connectivity index (χ1n) is 12.5. The second-order valence-corrected chi connectivity index (χ2v) is 14.9. The van der Waals surface area contributed by atoms with Gasteiger partial charge in [0.1, 0.15) is 0 Å². The van der Waals surface area contributed by atoms with Crippen LogP contribution in [0.4, 0.5) is 0 Å². The second kappa shape index (κ2) is 10.6. The molecule has 1 aliphatic rings. The quantitative estimate of drug-likeness (QED) is 0.438. The number of rotatable bonds is 7. The molecule has 0 radical (unpaired) electrons. The van der Waals surface area contributed by atoms with Crippen molar-refractivity contribution in [3.63, 3.8) is 0 Å². The van der Waals surface area contributed by atoms with E-state index in [1.807, 2.05) is 0 Å². The van der Waals surface area contributed by atoms with Crippen LogP contribution in [0.15, 0.2) is 91.0 Å². The Morgan fingerprint density at radius 2 is 1.32 bits per heavy atom. The summed E-state index contributed by atoms with van der Waals surface area (Å²) in [6, 6.07) is 32.7. The maximum atomic E-state index is 7.30. The van der Waals surface area contributed by atoms with Gasteiger partial charge < -0.3 is 9.16 Å². The lowest BCUT2D eigenvalue weighted by atomic mass is 10.1. The zero-order valence-corrected chi connectivity index (χ0v) is 22.3. The van der Waals surface area contributed by atoms with Gasteiger partial charge in [0.25, 0.3) is 8.32 Å². The molecule has 3 nitrogen and oxygen atoms in total. The molecule has 34 heavy (non-hydrogen) atoms. The van der Waals surface area contributed by atoms with E-state index in [-0.39, 0.29) is 23.3 Å². The van der Waals surface area contributed by atoms with Crippen molar-refractivity contribution < 1.29 is 9.16 Å². The van der Waals surface area contributed by atoms with Gasteiger partial charge in [-0.3, -0.25) is 4.90 Å². The molecule has 1 saturated heterocycles. The van der Waals surface area contributed by atoms with Crippen LogP contribution in [0.2, 0.25) is 5.04 Å². The first kappa shape index (κ1) is 24.9. The first-order valence-corrected chi connectivity index (χ1v) is 14.4. The third kappa shape index (κ3) is 5.21. The lowest BCUT2D eigenvalue weighted by Gasteiger charge is -2.47. The van der Waals surface area contributed by atoms with Gasteiger partial charge in [-0.1, -0.05) is 112 Å². The van der Waals surface area contributed by atoms with Gasteiger partial charge in [0.2, 0.25) is 0 Å². The fourth-order valence-corrected chi connectivity index (χ4v) is 10.1. The van der Waals surface area contributed by atoms with Crippen LogP contribution in [-0.4, -0.2) is 44.6 Å². The summed E-state index contributed by atoms with van der Waals surface area (Å²) in [4.78, 5) is 2.56. The lowest BCUT2D eigenvalue weighted by Crippen LogP contribution is -2.68. The van der Waals surface area contributed by atoms with E-state index in [0.29, 0.717) is 6.61 Å². The van der Waals surface area contributed by atoms with Gasteiger partial charge in [0, 0.05) is 13.1 Å². The van der Waals surface area contributed by atoms with Gasteiger partial charge in [0.15, 0.2) is 0 Å². The van der Waals surface area contributed by atoms with Crippen molar-refractivity contribution in [2.75, 3.05) is 13.2 Å². The smallest absolute Gasteiger partial charge is 0.261 e. The highest BCUT2D eigenvalue weighted by Crippen LogP contribution is 2.37. The van der Waals surface area contributed by atoms with Crippen LogP contribution in [0, 0.1) is 0 Å².